The molecule has 162 valence electrons. The lowest BCUT2D eigenvalue weighted by Gasteiger charge is -2.38. The van der Waals surface area contributed by atoms with E-state index in [4.69, 9.17) is 0 Å². The summed E-state index contributed by atoms with van der Waals surface area (Å²) in [7, 11) is 0. The van der Waals surface area contributed by atoms with Crippen molar-refractivity contribution in [1.29, 1.82) is 5.26 Å². The third-order valence-corrected chi connectivity index (χ3v) is 5.91. The average molecular weight is 436 g/mol. The van der Waals surface area contributed by atoms with E-state index in [9.17, 15) is 15.2 Å². The summed E-state index contributed by atoms with van der Waals surface area (Å²) in [5.74, 6) is 0.590. The normalized spacial score (nSPS) is 16.0. The van der Waals surface area contributed by atoms with Crippen LogP contribution in [0.4, 0.5) is 5.82 Å². The van der Waals surface area contributed by atoms with Crippen molar-refractivity contribution in [3.63, 3.8) is 0 Å². The molecule has 5 rings (SSSR count). The van der Waals surface area contributed by atoms with Gasteiger partial charge in [-0.15, -0.1) is 0 Å². The fraction of sp³-hybridized carbons (Fsp3) is 0.160. The van der Waals surface area contributed by atoms with Gasteiger partial charge in [-0.25, -0.2) is 9.97 Å². The SMILES string of the molecule is C=CC(=O)N1CCN(c2ncnc3cc(-c4cc(O)cc5ccccc45)ncc23)CC1C#N. The summed E-state index contributed by atoms with van der Waals surface area (Å²) in [5.41, 5.74) is 2.21. The van der Waals surface area contributed by atoms with Crippen LogP contribution >= 0.6 is 0 Å². The molecule has 3 heterocycles. The van der Waals surface area contributed by atoms with Crippen molar-refractivity contribution in [3.05, 3.63) is 67.6 Å². The van der Waals surface area contributed by atoms with E-state index in [1.165, 1.54) is 17.3 Å². The molecule has 1 N–H and O–H groups in total. The summed E-state index contributed by atoms with van der Waals surface area (Å²) in [5, 5.41) is 22.5. The van der Waals surface area contributed by atoms with E-state index in [0.29, 0.717) is 36.7 Å². The molecule has 0 spiro atoms. The molecule has 33 heavy (non-hydrogen) atoms. The second-order valence-electron chi connectivity index (χ2n) is 7.83. The second-order valence-corrected chi connectivity index (χ2v) is 7.83. The number of pyridine rings is 1. The smallest absolute Gasteiger partial charge is 0.247 e. The Bertz CT molecular complexity index is 1440. The molecule has 0 saturated carbocycles. The fourth-order valence-corrected chi connectivity index (χ4v) is 4.31. The Morgan fingerprint density at radius 3 is 2.82 bits per heavy atom. The van der Waals surface area contributed by atoms with E-state index >= 15 is 0 Å². The molecule has 2 aromatic carbocycles. The Kier molecular flexibility index (Phi) is 5.07. The van der Waals surface area contributed by atoms with Gasteiger partial charge in [-0.05, 0) is 35.0 Å². The van der Waals surface area contributed by atoms with E-state index in [1.807, 2.05) is 35.2 Å². The molecule has 8 nitrogen and oxygen atoms in total. The number of nitrogens with zero attached hydrogens (tertiary/aromatic N) is 6. The summed E-state index contributed by atoms with van der Waals surface area (Å²) in [6, 6.07) is 14.7. The minimum absolute atomic E-state index is 0.170. The molecule has 2 aromatic heterocycles. The fourth-order valence-electron chi connectivity index (χ4n) is 4.31. The summed E-state index contributed by atoms with van der Waals surface area (Å²) >= 11 is 0. The summed E-state index contributed by atoms with van der Waals surface area (Å²) in [4.78, 5) is 29.1. The number of carbonyl (C=O) groups is 1. The van der Waals surface area contributed by atoms with Crippen molar-refractivity contribution in [2.24, 2.45) is 0 Å². The Balaban J connectivity index is 1.54. The van der Waals surface area contributed by atoms with Crippen molar-refractivity contribution in [3.8, 4) is 23.1 Å². The zero-order valence-corrected chi connectivity index (χ0v) is 17.7. The van der Waals surface area contributed by atoms with Crippen LogP contribution in [0.5, 0.6) is 5.75 Å². The topological polar surface area (TPSA) is 106 Å². The van der Waals surface area contributed by atoms with Gasteiger partial charge in [0.25, 0.3) is 0 Å². The minimum Gasteiger partial charge on any atom is -0.508 e. The number of piperazine rings is 1. The third-order valence-electron chi connectivity index (χ3n) is 5.91. The first-order chi connectivity index (χ1) is 16.1. The predicted molar refractivity (Wildman–Crippen MR) is 125 cm³/mol. The molecular formula is C25H20N6O2. The molecule has 1 fully saturated rings. The number of hydrogen-bond donors (Lipinski definition) is 1. The van der Waals surface area contributed by atoms with Gasteiger partial charge < -0.3 is 14.9 Å². The van der Waals surface area contributed by atoms with Crippen molar-refractivity contribution in [1.82, 2.24) is 19.9 Å². The van der Waals surface area contributed by atoms with Crippen LogP contribution in [0.15, 0.2) is 67.6 Å². The lowest BCUT2D eigenvalue weighted by atomic mass is 10.0. The maximum atomic E-state index is 12.1. The van der Waals surface area contributed by atoms with Gasteiger partial charge in [0.2, 0.25) is 5.91 Å². The van der Waals surface area contributed by atoms with E-state index in [-0.39, 0.29) is 11.7 Å². The highest BCUT2D eigenvalue weighted by molar-refractivity contribution is 5.99. The van der Waals surface area contributed by atoms with Crippen molar-refractivity contribution >= 4 is 33.4 Å². The number of hydrogen-bond acceptors (Lipinski definition) is 7. The van der Waals surface area contributed by atoms with Crippen molar-refractivity contribution < 1.29 is 9.90 Å². The Hall–Kier alpha value is -4.51. The van der Waals surface area contributed by atoms with E-state index in [0.717, 1.165) is 21.7 Å². The number of phenols is 1. The number of phenolic OH excluding ortho intramolecular Hbond substituents is 1. The lowest BCUT2D eigenvalue weighted by Crippen LogP contribution is -2.54. The first-order valence-corrected chi connectivity index (χ1v) is 10.5. The van der Waals surface area contributed by atoms with Gasteiger partial charge in [-0.1, -0.05) is 30.8 Å². The standard InChI is InChI=1S/C25H20N6O2/c1-2-24(33)31-8-7-30(14-17(31)12-26)25-21-13-27-22(11-23(21)28-15-29-25)20-10-18(32)9-16-5-3-4-6-19(16)20/h2-6,9-11,13,15,17,32H,1,7-8,14H2. The lowest BCUT2D eigenvalue weighted by molar-refractivity contribution is -0.127. The predicted octanol–water partition coefficient (Wildman–Crippen LogP) is 3.28. The number of rotatable bonds is 3. The molecule has 1 amide bonds. The average Bonchev–Trinajstić information content (AvgIpc) is 2.86. The zero-order chi connectivity index (χ0) is 22.9. The van der Waals surface area contributed by atoms with Gasteiger partial charge in [-0.2, -0.15) is 5.26 Å². The van der Waals surface area contributed by atoms with E-state index in [2.05, 4.69) is 27.6 Å². The highest BCUT2D eigenvalue weighted by atomic mass is 16.3. The Morgan fingerprint density at radius 2 is 2.00 bits per heavy atom. The van der Waals surface area contributed by atoms with Crippen LogP contribution in [-0.4, -0.2) is 56.5 Å². The van der Waals surface area contributed by atoms with Crippen LogP contribution in [0, 0.1) is 11.3 Å². The Labute approximate surface area is 190 Å². The third kappa shape index (κ3) is 3.59. The number of benzene rings is 2. The van der Waals surface area contributed by atoms with Gasteiger partial charge in [-0.3, -0.25) is 9.78 Å². The molecule has 0 radical (unpaired) electrons. The van der Waals surface area contributed by atoms with Gasteiger partial charge in [0.1, 0.15) is 23.9 Å². The monoisotopic (exact) mass is 436 g/mol. The number of carbonyl (C=O) groups excluding carboxylic acids is 1. The molecule has 1 atom stereocenters. The van der Waals surface area contributed by atoms with Crippen LogP contribution in [0.1, 0.15) is 0 Å². The van der Waals surface area contributed by atoms with Gasteiger partial charge >= 0.3 is 0 Å². The second kappa shape index (κ2) is 8.20. The summed E-state index contributed by atoms with van der Waals surface area (Å²) in [6.07, 6.45) is 4.45. The number of aromatic nitrogens is 3. The molecular weight excluding hydrogens is 416 g/mol. The van der Waals surface area contributed by atoms with Crippen LogP contribution in [0.2, 0.25) is 0 Å². The van der Waals surface area contributed by atoms with Crippen molar-refractivity contribution in [2.45, 2.75) is 6.04 Å². The number of anilines is 1. The van der Waals surface area contributed by atoms with E-state index in [1.54, 1.807) is 18.3 Å². The number of nitriles is 1. The van der Waals surface area contributed by atoms with Crippen LogP contribution in [-0.2, 0) is 4.79 Å². The highest BCUT2D eigenvalue weighted by Gasteiger charge is 2.30. The molecule has 1 aliphatic rings. The van der Waals surface area contributed by atoms with Gasteiger partial charge in [0.05, 0.1) is 29.2 Å². The molecule has 1 saturated heterocycles. The number of fused-ring (bicyclic) bond motifs is 2. The summed E-state index contributed by atoms with van der Waals surface area (Å²) in [6.45, 7) is 4.78. The van der Waals surface area contributed by atoms with Crippen LogP contribution < -0.4 is 4.90 Å². The van der Waals surface area contributed by atoms with Gasteiger partial charge in [0.15, 0.2) is 0 Å². The maximum Gasteiger partial charge on any atom is 0.247 e. The molecule has 0 bridgehead atoms. The molecule has 1 unspecified atom stereocenters. The molecule has 0 aliphatic carbocycles. The van der Waals surface area contributed by atoms with Crippen LogP contribution in [0.3, 0.4) is 0 Å². The largest absolute Gasteiger partial charge is 0.508 e. The van der Waals surface area contributed by atoms with Crippen LogP contribution in [0.25, 0.3) is 32.9 Å². The summed E-state index contributed by atoms with van der Waals surface area (Å²) < 4.78 is 0. The van der Waals surface area contributed by atoms with Gasteiger partial charge in [0, 0.05) is 24.8 Å². The quantitative estimate of drug-likeness (QED) is 0.491. The number of amides is 1. The minimum atomic E-state index is -0.597. The zero-order valence-electron chi connectivity index (χ0n) is 17.7. The van der Waals surface area contributed by atoms with Crippen molar-refractivity contribution in [2.75, 3.05) is 24.5 Å². The molecule has 1 aliphatic heterocycles. The highest BCUT2D eigenvalue weighted by Crippen LogP contribution is 2.34. The number of aromatic hydroxyl groups is 1. The maximum absolute atomic E-state index is 12.1. The molecule has 4 aromatic rings. The molecule has 8 heteroatoms. The first-order valence-electron chi connectivity index (χ1n) is 10.5. The van der Waals surface area contributed by atoms with E-state index < -0.39 is 6.04 Å². The first kappa shape index (κ1) is 20.4. The Morgan fingerprint density at radius 1 is 1.15 bits per heavy atom.